The van der Waals surface area contributed by atoms with E-state index in [1.54, 1.807) is 0 Å². The first-order valence-electron chi connectivity index (χ1n) is 22.8. The van der Waals surface area contributed by atoms with Crippen LogP contribution in [0.2, 0.25) is 0 Å². The summed E-state index contributed by atoms with van der Waals surface area (Å²) in [6.07, 6.45) is 35.6. The van der Waals surface area contributed by atoms with Crippen molar-refractivity contribution in [1.82, 2.24) is 0 Å². The Bertz CT molecular complexity index is 1340. The molecule has 13 heteroatoms. The monoisotopic (exact) mass is 869 g/mol. The van der Waals surface area contributed by atoms with Crippen molar-refractivity contribution < 1.29 is 56.8 Å². The van der Waals surface area contributed by atoms with Gasteiger partial charge in [-0.2, -0.15) is 8.42 Å². The summed E-state index contributed by atoms with van der Waals surface area (Å²) in [4.78, 5) is 25.4. The van der Waals surface area contributed by atoms with E-state index >= 15 is 0 Å². The molecule has 0 aromatic rings. The van der Waals surface area contributed by atoms with Gasteiger partial charge >= 0.3 is 11.9 Å². The van der Waals surface area contributed by atoms with Crippen LogP contribution in [0.5, 0.6) is 0 Å². The summed E-state index contributed by atoms with van der Waals surface area (Å²) in [7, 11) is -4.61. The zero-order valence-electron chi connectivity index (χ0n) is 36.8. The summed E-state index contributed by atoms with van der Waals surface area (Å²) >= 11 is 0. The van der Waals surface area contributed by atoms with Crippen LogP contribution in [0.1, 0.15) is 168 Å². The summed E-state index contributed by atoms with van der Waals surface area (Å²) in [5.74, 6) is -2.08. The second-order valence-corrected chi connectivity index (χ2v) is 17.2. The molecule has 0 aliphatic carbocycles. The van der Waals surface area contributed by atoms with Gasteiger partial charge in [-0.1, -0.05) is 139 Å². The van der Waals surface area contributed by atoms with Crippen molar-refractivity contribution >= 4 is 22.1 Å². The van der Waals surface area contributed by atoms with Crippen molar-refractivity contribution in [3.05, 3.63) is 60.8 Å². The van der Waals surface area contributed by atoms with Crippen LogP contribution in [0.25, 0.3) is 0 Å². The minimum atomic E-state index is -4.61. The molecule has 346 valence electrons. The van der Waals surface area contributed by atoms with Gasteiger partial charge in [0.15, 0.2) is 12.4 Å². The quantitative estimate of drug-likeness (QED) is 0.0201. The normalized spacial score (nSPS) is 20.7. The fraction of sp³-hybridized carbons (Fsp3) is 0.745. The van der Waals surface area contributed by atoms with Crippen LogP contribution < -0.4 is 0 Å². The molecule has 1 fully saturated rings. The zero-order valence-corrected chi connectivity index (χ0v) is 37.6. The average molecular weight is 869 g/mol. The lowest BCUT2D eigenvalue weighted by atomic mass is 10.00. The highest BCUT2D eigenvalue weighted by atomic mass is 32.2. The fourth-order valence-corrected chi connectivity index (χ4v) is 7.18. The van der Waals surface area contributed by atoms with Crippen LogP contribution in [0, 0.1) is 0 Å². The molecule has 1 rings (SSSR count). The van der Waals surface area contributed by atoms with Crippen molar-refractivity contribution in [2.75, 3.05) is 19.0 Å². The molecule has 0 aromatic carbocycles. The van der Waals surface area contributed by atoms with Crippen LogP contribution in [-0.4, -0.2) is 96.0 Å². The highest BCUT2D eigenvalue weighted by Gasteiger charge is 2.46. The van der Waals surface area contributed by atoms with Crippen LogP contribution in [-0.2, 0) is 38.7 Å². The average Bonchev–Trinajstić information content (AvgIpc) is 3.21. The van der Waals surface area contributed by atoms with E-state index in [4.69, 9.17) is 18.9 Å². The van der Waals surface area contributed by atoms with Gasteiger partial charge in [0, 0.05) is 12.8 Å². The lowest BCUT2D eigenvalue weighted by Gasteiger charge is -2.40. The summed E-state index contributed by atoms with van der Waals surface area (Å²) in [5.41, 5.74) is 0. The molecule has 1 aliphatic heterocycles. The zero-order chi connectivity index (χ0) is 44.1. The molecular formula is C47H80O12S. The number of aliphatic hydroxyl groups is 3. The Labute approximate surface area is 362 Å². The van der Waals surface area contributed by atoms with E-state index in [2.05, 4.69) is 62.5 Å². The molecule has 6 atom stereocenters. The molecule has 0 spiro atoms. The number of carbonyl (C=O) groups excluding carboxylic acids is 2. The lowest BCUT2D eigenvalue weighted by Crippen LogP contribution is -2.60. The molecule has 1 saturated heterocycles. The first kappa shape index (κ1) is 55.4. The molecule has 60 heavy (non-hydrogen) atoms. The predicted molar refractivity (Wildman–Crippen MR) is 238 cm³/mol. The summed E-state index contributed by atoms with van der Waals surface area (Å²) in [6, 6.07) is 0. The Morgan fingerprint density at radius 2 is 1.02 bits per heavy atom. The first-order valence-corrected chi connectivity index (χ1v) is 24.5. The van der Waals surface area contributed by atoms with Gasteiger partial charge in [-0.15, -0.1) is 0 Å². The molecule has 0 bridgehead atoms. The third-order valence-corrected chi connectivity index (χ3v) is 10.8. The summed E-state index contributed by atoms with van der Waals surface area (Å²) in [6.45, 7) is 3.66. The number of carbonyl (C=O) groups is 2. The Morgan fingerprint density at radius 3 is 1.58 bits per heavy atom. The van der Waals surface area contributed by atoms with E-state index in [1.807, 2.05) is 12.2 Å². The molecule has 0 saturated carbocycles. The number of ether oxygens (including phenoxy) is 4. The third-order valence-electron chi connectivity index (χ3n) is 10.1. The maximum absolute atomic E-state index is 12.8. The number of rotatable bonds is 37. The SMILES string of the molecule is CCCCC/C=C/C/C=C/C/C=C/C/C=C/CCCC(=O)O[C@H](COC(=O)CCCCC/C=C/CCCCCCCCCC)CO[C@H]1O[C@H](CS(=O)(=O)O)[C@@H](O)C(O)C1O. The van der Waals surface area contributed by atoms with Gasteiger partial charge in [0.25, 0.3) is 10.1 Å². The molecule has 0 aromatic heterocycles. The van der Waals surface area contributed by atoms with Gasteiger partial charge in [0.05, 0.1) is 6.61 Å². The Balaban J connectivity index is 2.51. The van der Waals surface area contributed by atoms with Crippen LogP contribution in [0.3, 0.4) is 0 Å². The molecule has 0 amide bonds. The van der Waals surface area contributed by atoms with Gasteiger partial charge in [-0.05, 0) is 77.0 Å². The molecule has 2 unspecified atom stereocenters. The Hall–Kier alpha value is -2.65. The number of esters is 2. The molecule has 0 radical (unpaired) electrons. The number of hydrogen-bond donors (Lipinski definition) is 4. The highest BCUT2D eigenvalue weighted by Crippen LogP contribution is 2.24. The predicted octanol–water partition coefficient (Wildman–Crippen LogP) is 9.34. The molecule has 4 N–H and O–H groups in total. The molecule has 12 nitrogen and oxygen atoms in total. The largest absolute Gasteiger partial charge is 0.462 e. The van der Waals surface area contributed by atoms with Crippen molar-refractivity contribution in [2.24, 2.45) is 0 Å². The Kier molecular flexibility index (Phi) is 34.1. The number of aliphatic hydroxyl groups excluding tert-OH is 3. The molecule has 1 heterocycles. The molecular weight excluding hydrogens is 789 g/mol. The minimum absolute atomic E-state index is 0.0833. The van der Waals surface area contributed by atoms with E-state index in [0.29, 0.717) is 19.3 Å². The third kappa shape index (κ3) is 31.2. The van der Waals surface area contributed by atoms with Crippen LogP contribution >= 0.6 is 0 Å². The smallest absolute Gasteiger partial charge is 0.306 e. The summed E-state index contributed by atoms with van der Waals surface area (Å²) < 4.78 is 54.0. The summed E-state index contributed by atoms with van der Waals surface area (Å²) in [5, 5.41) is 30.9. The van der Waals surface area contributed by atoms with Gasteiger partial charge in [0.2, 0.25) is 0 Å². The maximum Gasteiger partial charge on any atom is 0.306 e. The fourth-order valence-electron chi connectivity index (χ4n) is 6.49. The van der Waals surface area contributed by atoms with E-state index in [0.717, 1.165) is 51.4 Å². The van der Waals surface area contributed by atoms with E-state index in [-0.39, 0.29) is 19.4 Å². The van der Waals surface area contributed by atoms with Gasteiger partial charge in [-0.25, -0.2) is 0 Å². The molecule has 1 aliphatic rings. The number of hydrogen-bond acceptors (Lipinski definition) is 11. The van der Waals surface area contributed by atoms with Crippen molar-refractivity contribution in [3.63, 3.8) is 0 Å². The van der Waals surface area contributed by atoms with E-state index < -0.39 is 71.2 Å². The number of unbranched alkanes of at least 4 members (excludes halogenated alkanes) is 15. The number of allylic oxidation sites excluding steroid dienone is 10. The van der Waals surface area contributed by atoms with Crippen molar-refractivity contribution in [2.45, 2.75) is 205 Å². The van der Waals surface area contributed by atoms with Gasteiger partial charge < -0.3 is 34.3 Å². The maximum atomic E-state index is 12.8. The van der Waals surface area contributed by atoms with E-state index in [1.165, 1.54) is 70.6 Å². The lowest BCUT2D eigenvalue weighted by molar-refractivity contribution is -0.297. The standard InChI is InChI=1S/C47H80O12S/c1-3-5-7-9-11-13-15-17-19-20-22-24-26-28-30-32-34-36-43(49)58-40(38-57-47-46(52)45(51)44(50)41(59-47)39-60(53,54)55)37-56-42(48)35-33-31-29-27-25-23-21-18-16-14-12-10-8-6-4-2/h11,13,17,19,22-25,28,30,40-41,44-47,50-52H,3-10,12,14-16,18,20-21,26-27,29,31-39H2,1-2H3,(H,53,54,55)/b13-11+,19-17+,24-22+,25-23+,30-28+/t40-,41-,44-,45?,46?,47+/m1/s1. The minimum Gasteiger partial charge on any atom is -0.462 e. The van der Waals surface area contributed by atoms with Crippen LogP contribution in [0.15, 0.2) is 60.8 Å². The first-order chi connectivity index (χ1) is 29.0. The van der Waals surface area contributed by atoms with Crippen LogP contribution in [0.4, 0.5) is 0 Å². The van der Waals surface area contributed by atoms with E-state index in [9.17, 15) is 37.9 Å². The van der Waals surface area contributed by atoms with Gasteiger partial charge in [-0.3, -0.25) is 14.1 Å². The van der Waals surface area contributed by atoms with Crippen molar-refractivity contribution in [3.8, 4) is 0 Å². The highest BCUT2D eigenvalue weighted by molar-refractivity contribution is 7.85. The second kappa shape index (κ2) is 37.0. The Morgan fingerprint density at radius 1 is 0.567 bits per heavy atom. The van der Waals surface area contributed by atoms with Gasteiger partial charge in [0.1, 0.15) is 36.8 Å². The second-order valence-electron chi connectivity index (χ2n) is 15.7. The topological polar surface area (TPSA) is 186 Å². The van der Waals surface area contributed by atoms with Crippen molar-refractivity contribution in [1.29, 1.82) is 0 Å².